The molecule has 2 aromatic heterocycles. The molecule has 1 amide bonds. The highest BCUT2D eigenvalue weighted by molar-refractivity contribution is 9.10. The summed E-state index contributed by atoms with van der Waals surface area (Å²) in [6.45, 7) is -0.0708. The summed E-state index contributed by atoms with van der Waals surface area (Å²) in [5, 5.41) is 13.0. The molecule has 1 N–H and O–H groups in total. The van der Waals surface area contributed by atoms with E-state index < -0.39 is 4.92 Å². The average molecular weight is 326 g/mol. The number of carbonyl (C=O) groups is 1. The quantitative estimate of drug-likeness (QED) is 0.679. The van der Waals surface area contributed by atoms with Crippen molar-refractivity contribution in [2.24, 2.45) is 0 Å². The molecule has 0 saturated heterocycles. The summed E-state index contributed by atoms with van der Waals surface area (Å²) in [5.41, 5.74) is 0. The zero-order valence-electron chi connectivity index (χ0n) is 9.49. The number of carbonyl (C=O) groups excluding carboxylic acids is 1. The third-order valence-electron chi connectivity index (χ3n) is 2.13. The van der Waals surface area contributed by atoms with Crippen molar-refractivity contribution >= 4 is 33.5 Å². The summed E-state index contributed by atoms with van der Waals surface area (Å²) >= 11 is 3.23. The minimum Gasteiger partial charge on any atom is -0.358 e. The molecule has 9 heteroatoms. The summed E-state index contributed by atoms with van der Waals surface area (Å²) in [5.74, 6) is -0.237. The Kier molecular flexibility index (Phi) is 3.85. The Hall–Kier alpha value is -2.29. The SMILES string of the molecule is O=C(Cn1cnc([N+](=O)[O-])c1)Nc1ccc(Br)cn1. The second kappa shape index (κ2) is 5.57. The molecule has 2 heterocycles. The first-order valence-corrected chi connectivity index (χ1v) is 5.91. The topological polar surface area (TPSA) is 103 Å². The Morgan fingerprint density at radius 3 is 2.84 bits per heavy atom. The summed E-state index contributed by atoms with van der Waals surface area (Å²) in [4.78, 5) is 29.0. The van der Waals surface area contributed by atoms with Crippen LogP contribution in [0.2, 0.25) is 0 Å². The molecule has 2 rings (SSSR count). The van der Waals surface area contributed by atoms with Crippen LogP contribution in [0.4, 0.5) is 11.6 Å². The lowest BCUT2D eigenvalue weighted by molar-refractivity contribution is -0.389. The Labute approximate surface area is 115 Å². The van der Waals surface area contributed by atoms with Gasteiger partial charge in [-0.05, 0) is 38.0 Å². The maximum Gasteiger partial charge on any atom is 0.381 e. The molecule has 0 saturated carbocycles. The average Bonchev–Trinajstić information content (AvgIpc) is 2.80. The van der Waals surface area contributed by atoms with E-state index in [0.29, 0.717) is 5.82 Å². The van der Waals surface area contributed by atoms with Gasteiger partial charge in [-0.3, -0.25) is 4.79 Å². The molecule has 0 aliphatic rings. The standard InChI is InChI=1S/C10H8BrN5O3/c11-7-1-2-8(12-3-7)14-10(17)5-15-4-9(13-6-15)16(18)19/h1-4,6H,5H2,(H,12,14,17). The van der Waals surface area contributed by atoms with Gasteiger partial charge in [0, 0.05) is 10.7 Å². The van der Waals surface area contributed by atoms with Crippen molar-refractivity contribution in [3.05, 3.63) is 45.4 Å². The number of pyridine rings is 1. The number of nitrogens with one attached hydrogen (secondary N) is 1. The van der Waals surface area contributed by atoms with Crippen LogP contribution in [0.5, 0.6) is 0 Å². The van der Waals surface area contributed by atoms with Gasteiger partial charge in [0.25, 0.3) is 0 Å². The molecular formula is C10H8BrN5O3. The van der Waals surface area contributed by atoms with Crippen LogP contribution >= 0.6 is 15.9 Å². The van der Waals surface area contributed by atoms with E-state index in [2.05, 4.69) is 31.2 Å². The van der Waals surface area contributed by atoms with E-state index >= 15 is 0 Å². The van der Waals surface area contributed by atoms with Crippen molar-refractivity contribution in [3.63, 3.8) is 0 Å². The molecule has 8 nitrogen and oxygen atoms in total. The lowest BCUT2D eigenvalue weighted by Crippen LogP contribution is -2.18. The fourth-order valence-corrected chi connectivity index (χ4v) is 1.56. The first kappa shape index (κ1) is 13.1. The normalized spacial score (nSPS) is 10.2. The number of imidazole rings is 1. The molecule has 2 aromatic rings. The van der Waals surface area contributed by atoms with Crippen LogP contribution in [-0.2, 0) is 11.3 Å². The van der Waals surface area contributed by atoms with E-state index in [9.17, 15) is 14.9 Å². The molecule has 98 valence electrons. The Bertz CT molecular complexity index is 610. The van der Waals surface area contributed by atoms with E-state index in [1.165, 1.54) is 17.1 Å². The number of amides is 1. The maximum absolute atomic E-state index is 11.7. The number of halogens is 1. The van der Waals surface area contributed by atoms with Crippen LogP contribution < -0.4 is 5.32 Å². The molecule has 0 aromatic carbocycles. The predicted octanol–water partition coefficient (Wildman–Crippen LogP) is 1.59. The van der Waals surface area contributed by atoms with E-state index in [4.69, 9.17) is 0 Å². The molecule has 0 aliphatic heterocycles. The Morgan fingerprint density at radius 1 is 1.47 bits per heavy atom. The number of nitrogens with zero attached hydrogens (tertiary/aromatic N) is 4. The first-order chi connectivity index (χ1) is 9.04. The van der Waals surface area contributed by atoms with Gasteiger partial charge in [-0.15, -0.1) is 0 Å². The number of hydrogen-bond acceptors (Lipinski definition) is 5. The zero-order chi connectivity index (χ0) is 13.8. The van der Waals surface area contributed by atoms with Crippen molar-refractivity contribution in [2.75, 3.05) is 5.32 Å². The second-order valence-electron chi connectivity index (χ2n) is 3.57. The monoisotopic (exact) mass is 325 g/mol. The number of rotatable bonds is 4. The van der Waals surface area contributed by atoms with Crippen molar-refractivity contribution < 1.29 is 9.72 Å². The molecule has 19 heavy (non-hydrogen) atoms. The lowest BCUT2D eigenvalue weighted by atomic mass is 10.4. The summed E-state index contributed by atoms with van der Waals surface area (Å²) in [6.07, 6.45) is 3.97. The second-order valence-corrected chi connectivity index (χ2v) is 4.49. The largest absolute Gasteiger partial charge is 0.381 e. The molecule has 0 spiro atoms. The summed E-state index contributed by atoms with van der Waals surface area (Å²) in [6, 6.07) is 3.38. The van der Waals surface area contributed by atoms with Gasteiger partial charge in [-0.2, -0.15) is 0 Å². The van der Waals surface area contributed by atoms with Gasteiger partial charge in [-0.25, -0.2) is 4.98 Å². The molecule has 0 bridgehead atoms. The Morgan fingerprint density at radius 2 is 2.26 bits per heavy atom. The summed E-state index contributed by atoms with van der Waals surface area (Å²) in [7, 11) is 0. The van der Waals surface area contributed by atoms with Gasteiger partial charge in [0.05, 0.1) is 0 Å². The van der Waals surface area contributed by atoms with Gasteiger partial charge in [-0.1, -0.05) is 0 Å². The predicted molar refractivity (Wildman–Crippen MR) is 69.4 cm³/mol. The maximum atomic E-state index is 11.7. The fraction of sp³-hybridized carbons (Fsp3) is 0.100. The van der Waals surface area contributed by atoms with Gasteiger partial charge in [0.15, 0.2) is 0 Å². The first-order valence-electron chi connectivity index (χ1n) is 5.12. The minimum absolute atomic E-state index is 0.0708. The van der Waals surface area contributed by atoms with Gasteiger partial charge >= 0.3 is 5.82 Å². The number of hydrogen-bond donors (Lipinski definition) is 1. The fourth-order valence-electron chi connectivity index (χ4n) is 1.33. The number of anilines is 1. The third-order valence-corrected chi connectivity index (χ3v) is 2.60. The summed E-state index contributed by atoms with van der Waals surface area (Å²) < 4.78 is 2.13. The van der Waals surface area contributed by atoms with E-state index in [1.54, 1.807) is 18.3 Å². The highest BCUT2D eigenvalue weighted by Gasteiger charge is 2.12. The Balaban J connectivity index is 1.97. The van der Waals surface area contributed by atoms with Crippen molar-refractivity contribution in [1.82, 2.24) is 14.5 Å². The van der Waals surface area contributed by atoms with Crippen molar-refractivity contribution in [2.45, 2.75) is 6.54 Å². The molecule has 0 fully saturated rings. The molecule has 0 radical (unpaired) electrons. The van der Waals surface area contributed by atoms with Crippen LogP contribution in [0.1, 0.15) is 0 Å². The van der Waals surface area contributed by atoms with Gasteiger partial charge < -0.3 is 20.0 Å². The van der Waals surface area contributed by atoms with Gasteiger partial charge in [0.1, 0.15) is 18.6 Å². The van der Waals surface area contributed by atoms with E-state index in [0.717, 1.165) is 4.47 Å². The van der Waals surface area contributed by atoms with Crippen molar-refractivity contribution in [1.29, 1.82) is 0 Å². The van der Waals surface area contributed by atoms with Crippen molar-refractivity contribution in [3.8, 4) is 0 Å². The molecular weight excluding hydrogens is 318 g/mol. The van der Waals surface area contributed by atoms with Gasteiger partial charge in [0.2, 0.25) is 12.2 Å². The molecule has 0 aliphatic carbocycles. The van der Waals surface area contributed by atoms with E-state index in [-0.39, 0.29) is 18.3 Å². The molecule has 0 atom stereocenters. The minimum atomic E-state index is -0.620. The third kappa shape index (κ3) is 3.58. The zero-order valence-corrected chi connectivity index (χ0v) is 11.1. The van der Waals surface area contributed by atoms with Crippen LogP contribution in [-0.4, -0.2) is 25.4 Å². The number of aromatic nitrogens is 3. The molecule has 0 unspecified atom stereocenters. The lowest BCUT2D eigenvalue weighted by Gasteiger charge is -2.03. The van der Waals surface area contributed by atoms with Crippen LogP contribution in [0, 0.1) is 10.1 Å². The smallest absolute Gasteiger partial charge is 0.358 e. The highest BCUT2D eigenvalue weighted by atomic mass is 79.9. The van der Waals surface area contributed by atoms with E-state index in [1.807, 2.05) is 0 Å². The number of nitro groups is 1. The highest BCUT2D eigenvalue weighted by Crippen LogP contribution is 2.11. The van der Waals surface area contributed by atoms with Crippen LogP contribution in [0.3, 0.4) is 0 Å². The van der Waals surface area contributed by atoms with Crippen LogP contribution in [0.25, 0.3) is 0 Å². The van der Waals surface area contributed by atoms with Crippen LogP contribution in [0.15, 0.2) is 35.3 Å².